The number of benzene rings is 2. The Hall–Kier alpha value is -3.98. The fourth-order valence-electron chi connectivity index (χ4n) is 3.92. The van der Waals surface area contributed by atoms with Crippen molar-refractivity contribution in [1.82, 2.24) is 5.43 Å². The topological polar surface area (TPSA) is 106 Å². The van der Waals surface area contributed by atoms with Gasteiger partial charge in [0.15, 0.2) is 0 Å². The number of hydrogen-bond acceptors (Lipinski definition) is 7. The highest BCUT2D eigenvalue weighted by atomic mass is 32.1. The Morgan fingerprint density at radius 3 is 2.64 bits per heavy atom. The molecule has 1 atom stereocenters. The average Bonchev–Trinajstić information content (AvgIpc) is 3.21. The maximum atomic E-state index is 12.6. The van der Waals surface area contributed by atoms with Gasteiger partial charge in [0.2, 0.25) is 0 Å². The molecule has 0 radical (unpaired) electrons. The Kier molecular flexibility index (Phi) is 8.12. The molecule has 9 heteroatoms. The van der Waals surface area contributed by atoms with Crippen LogP contribution in [0.15, 0.2) is 59.7 Å². The van der Waals surface area contributed by atoms with Crippen LogP contribution in [0.5, 0.6) is 11.5 Å². The van der Waals surface area contributed by atoms with Crippen LogP contribution in [0.3, 0.4) is 0 Å². The fourth-order valence-corrected chi connectivity index (χ4v) is 5.31. The predicted octanol–water partition coefficient (Wildman–Crippen LogP) is 4.93. The summed E-state index contributed by atoms with van der Waals surface area (Å²) in [5, 5.41) is 6.80. The smallest absolute Gasteiger partial charge is 0.341 e. The van der Waals surface area contributed by atoms with Crippen molar-refractivity contribution in [2.24, 2.45) is 11.0 Å². The van der Waals surface area contributed by atoms with E-state index in [-0.39, 0.29) is 6.61 Å². The lowest BCUT2D eigenvalue weighted by Crippen LogP contribution is -2.32. The summed E-state index contributed by atoms with van der Waals surface area (Å²) in [5.41, 5.74) is 4.16. The number of hydrazone groups is 1. The fraction of sp³-hybridized carbons (Fsp3) is 0.259. The number of carbonyl (C=O) groups is 3. The van der Waals surface area contributed by atoms with Crippen LogP contribution in [0.2, 0.25) is 0 Å². The van der Waals surface area contributed by atoms with Crippen molar-refractivity contribution in [3.63, 3.8) is 0 Å². The molecule has 36 heavy (non-hydrogen) atoms. The highest BCUT2D eigenvalue weighted by Crippen LogP contribution is 2.40. The van der Waals surface area contributed by atoms with E-state index in [1.165, 1.54) is 17.6 Å². The molecule has 0 fully saturated rings. The van der Waals surface area contributed by atoms with Crippen LogP contribution < -0.4 is 15.5 Å². The minimum Gasteiger partial charge on any atom is -0.462 e. The second-order valence-corrected chi connectivity index (χ2v) is 9.52. The molecule has 0 saturated heterocycles. The maximum absolute atomic E-state index is 12.6. The zero-order valence-corrected chi connectivity index (χ0v) is 20.9. The van der Waals surface area contributed by atoms with Gasteiger partial charge in [-0.15, -0.1) is 11.3 Å². The molecule has 1 heterocycles. The zero-order chi connectivity index (χ0) is 25.5. The summed E-state index contributed by atoms with van der Waals surface area (Å²) in [6.07, 6.45) is 3.93. The number of anilines is 1. The van der Waals surface area contributed by atoms with Crippen molar-refractivity contribution < 1.29 is 23.9 Å². The molecule has 2 aromatic carbocycles. The molecule has 0 saturated carbocycles. The average molecular weight is 506 g/mol. The summed E-state index contributed by atoms with van der Waals surface area (Å²) in [6, 6.07) is 16.5. The van der Waals surface area contributed by atoms with Gasteiger partial charge in [0.25, 0.3) is 0 Å². The molecule has 2 amide bonds. The summed E-state index contributed by atoms with van der Waals surface area (Å²) >= 11 is 1.32. The third-order valence-electron chi connectivity index (χ3n) is 5.64. The molecule has 0 unspecified atom stereocenters. The van der Waals surface area contributed by atoms with Gasteiger partial charge in [-0.05, 0) is 67.5 Å². The van der Waals surface area contributed by atoms with Gasteiger partial charge in [0.1, 0.15) is 16.5 Å². The quantitative estimate of drug-likeness (QED) is 0.205. The summed E-state index contributed by atoms with van der Waals surface area (Å²) < 4.78 is 11.0. The molecule has 3 aromatic rings. The number of fused-ring (bicyclic) bond motifs is 1. The number of amides is 2. The van der Waals surface area contributed by atoms with E-state index in [1.807, 2.05) is 30.3 Å². The second-order valence-electron chi connectivity index (χ2n) is 8.42. The van der Waals surface area contributed by atoms with Crippen molar-refractivity contribution in [3.8, 4) is 11.5 Å². The molecule has 1 aromatic heterocycles. The molecule has 8 nitrogen and oxygen atoms in total. The van der Waals surface area contributed by atoms with E-state index in [0.717, 1.165) is 29.7 Å². The van der Waals surface area contributed by atoms with Gasteiger partial charge in [-0.25, -0.2) is 10.2 Å². The Balaban J connectivity index is 1.40. The predicted molar refractivity (Wildman–Crippen MR) is 139 cm³/mol. The summed E-state index contributed by atoms with van der Waals surface area (Å²) in [5.74, 6) is -0.553. The molecule has 1 aliphatic rings. The van der Waals surface area contributed by atoms with Gasteiger partial charge in [-0.3, -0.25) is 9.59 Å². The standard InChI is InChI=1S/C27H27N3O5S/c1-3-34-27(33)23-21-13-12-17(2)14-22(21)36-26(23)29-24(31)25(32)30-28-16-18-8-7-11-20(15-18)35-19-9-5-4-6-10-19/h4-11,15-17H,3,12-14H2,1-2H3,(H,29,31)(H,30,32)/b28-16-/t17-/m0/s1. The van der Waals surface area contributed by atoms with E-state index in [4.69, 9.17) is 9.47 Å². The molecule has 0 bridgehead atoms. The number of nitrogens with one attached hydrogen (secondary N) is 2. The number of carbonyl (C=O) groups excluding carboxylic acids is 3. The molecular weight excluding hydrogens is 478 g/mol. The molecule has 2 N–H and O–H groups in total. The van der Waals surface area contributed by atoms with Gasteiger partial charge in [0.05, 0.1) is 18.4 Å². The summed E-state index contributed by atoms with van der Waals surface area (Å²) in [6.45, 7) is 4.10. The van der Waals surface area contributed by atoms with Gasteiger partial charge < -0.3 is 14.8 Å². The molecule has 4 rings (SSSR count). The van der Waals surface area contributed by atoms with Crippen LogP contribution >= 0.6 is 11.3 Å². The molecule has 0 aliphatic heterocycles. The number of thiophene rings is 1. The minimum atomic E-state index is -0.947. The largest absolute Gasteiger partial charge is 0.462 e. The first-order chi connectivity index (χ1) is 17.4. The Labute approximate surface area is 213 Å². The lowest BCUT2D eigenvalue weighted by molar-refractivity contribution is -0.136. The van der Waals surface area contributed by atoms with E-state index >= 15 is 0 Å². The molecule has 0 spiro atoms. The Morgan fingerprint density at radius 2 is 1.86 bits per heavy atom. The Morgan fingerprint density at radius 1 is 1.08 bits per heavy atom. The van der Waals surface area contributed by atoms with Crippen LogP contribution in [-0.4, -0.2) is 30.6 Å². The number of ether oxygens (including phenoxy) is 2. The first kappa shape index (κ1) is 25.1. The molecule has 186 valence electrons. The molecule has 1 aliphatic carbocycles. The zero-order valence-electron chi connectivity index (χ0n) is 20.1. The molecular formula is C27H27N3O5S. The van der Waals surface area contributed by atoms with Crippen molar-refractivity contribution in [2.75, 3.05) is 11.9 Å². The van der Waals surface area contributed by atoms with Crippen molar-refractivity contribution >= 4 is 40.3 Å². The number of para-hydroxylation sites is 1. The van der Waals surface area contributed by atoms with Gasteiger partial charge >= 0.3 is 17.8 Å². The second kappa shape index (κ2) is 11.6. The van der Waals surface area contributed by atoms with Crippen LogP contribution in [-0.2, 0) is 27.2 Å². The van der Waals surface area contributed by atoms with Gasteiger partial charge in [-0.2, -0.15) is 5.10 Å². The third-order valence-corrected chi connectivity index (χ3v) is 6.81. The normalized spacial score (nSPS) is 14.7. The van der Waals surface area contributed by atoms with Crippen LogP contribution in [0, 0.1) is 5.92 Å². The maximum Gasteiger partial charge on any atom is 0.341 e. The van der Waals surface area contributed by atoms with Gasteiger partial charge in [0, 0.05) is 4.88 Å². The van der Waals surface area contributed by atoms with Crippen LogP contribution in [0.4, 0.5) is 5.00 Å². The van der Waals surface area contributed by atoms with Crippen molar-refractivity contribution in [3.05, 3.63) is 76.2 Å². The van der Waals surface area contributed by atoms with Crippen LogP contribution in [0.1, 0.15) is 46.6 Å². The lowest BCUT2D eigenvalue weighted by atomic mass is 9.88. The SMILES string of the molecule is CCOC(=O)c1c(NC(=O)C(=O)N/N=C\c2cccc(Oc3ccccc3)c2)sc2c1CC[C@H](C)C2. The summed E-state index contributed by atoms with van der Waals surface area (Å²) in [7, 11) is 0. The Bertz CT molecular complexity index is 1290. The third kappa shape index (κ3) is 6.17. The number of nitrogens with zero attached hydrogens (tertiary/aromatic N) is 1. The first-order valence-corrected chi connectivity index (χ1v) is 12.5. The highest BCUT2D eigenvalue weighted by Gasteiger charge is 2.30. The van der Waals surface area contributed by atoms with Crippen molar-refractivity contribution in [1.29, 1.82) is 0 Å². The lowest BCUT2D eigenvalue weighted by Gasteiger charge is -2.18. The highest BCUT2D eigenvalue weighted by molar-refractivity contribution is 7.17. The van der Waals surface area contributed by atoms with E-state index < -0.39 is 17.8 Å². The van der Waals surface area contributed by atoms with Crippen LogP contribution in [0.25, 0.3) is 0 Å². The monoisotopic (exact) mass is 505 g/mol. The van der Waals surface area contributed by atoms with E-state index in [1.54, 1.807) is 31.2 Å². The summed E-state index contributed by atoms with van der Waals surface area (Å²) in [4.78, 5) is 38.6. The van der Waals surface area contributed by atoms with E-state index in [9.17, 15) is 14.4 Å². The number of rotatable bonds is 7. The minimum absolute atomic E-state index is 0.222. The number of hydrogen-bond donors (Lipinski definition) is 2. The van der Waals surface area contributed by atoms with Gasteiger partial charge in [-0.1, -0.05) is 37.3 Å². The number of esters is 1. The van der Waals surface area contributed by atoms with E-state index in [2.05, 4.69) is 22.8 Å². The van der Waals surface area contributed by atoms with E-state index in [0.29, 0.717) is 33.5 Å². The van der Waals surface area contributed by atoms with Crippen molar-refractivity contribution in [2.45, 2.75) is 33.1 Å². The first-order valence-electron chi connectivity index (χ1n) is 11.7.